The van der Waals surface area contributed by atoms with Crippen molar-refractivity contribution in [1.82, 2.24) is 0 Å². The van der Waals surface area contributed by atoms with E-state index in [0.29, 0.717) is 27.9 Å². The number of anilines is 1. The third kappa shape index (κ3) is 5.09. The van der Waals surface area contributed by atoms with Crippen LogP contribution in [0, 0.1) is 0 Å². The number of amides is 1. The number of hydrogen-bond donors (Lipinski definition) is 1. The SMILES string of the molecule is O=C(COC(=O)CCc1ccco1)Nc1cc(Cl)ccc1Cl. The van der Waals surface area contributed by atoms with Gasteiger partial charge in [0.05, 0.1) is 23.4 Å². The third-order valence-electron chi connectivity index (χ3n) is 2.72. The molecule has 1 heterocycles. The smallest absolute Gasteiger partial charge is 0.306 e. The number of esters is 1. The van der Waals surface area contributed by atoms with E-state index in [1.807, 2.05) is 0 Å². The first kappa shape index (κ1) is 16.4. The first-order valence-electron chi connectivity index (χ1n) is 6.47. The van der Waals surface area contributed by atoms with E-state index in [0.717, 1.165) is 0 Å². The molecule has 0 saturated heterocycles. The molecule has 1 amide bonds. The molecule has 1 aromatic heterocycles. The maximum atomic E-state index is 11.7. The van der Waals surface area contributed by atoms with Crippen LogP contribution in [0.25, 0.3) is 0 Å². The molecule has 0 aliphatic heterocycles. The van der Waals surface area contributed by atoms with Gasteiger partial charge in [-0.15, -0.1) is 0 Å². The maximum Gasteiger partial charge on any atom is 0.306 e. The van der Waals surface area contributed by atoms with E-state index in [1.165, 1.54) is 12.3 Å². The molecule has 0 atom stereocenters. The number of benzene rings is 1. The number of halogens is 2. The van der Waals surface area contributed by atoms with Gasteiger partial charge in [-0.2, -0.15) is 0 Å². The van der Waals surface area contributed by atoms with Crippen LogP contribution < -0.4 is 5.32 Å². The topological polar surface area (TPSA) is 68.5 Å². The van der Waals surface area contributed by atoms with Gasteiger partial charge in [0.25, 0.3) is 5.91 Å². The lowest BCUT2D eigenvalue weighted by Gasteiger charge is -2.08. The summed E-state index contributed by atoms with van der Waals surface area (Å²) in [4.78, 5) is 23.2. The molecule has 0 radical (unpaired) electrons. The van der Waals surface area contributed by atoms with Crippen molar-refractivity contribution in [2.24, 2.45) is 0 Å². The van der Waals surface area contributed by atoms with Crippen LogP contribution in [0.4, 0.5) is 5.69 Å². The Kier molecular flexibility index (Phi) is 5.86. The quantitative estimate of drug-likeness (QED) is 0.813. The predicted octanol–water partition coefficient (Wildman–Crippen LogP) is 3.70. The number of rotatable bonds is 6. The van der Waals surface area contributed by atoms with Crippen molar-refractivity contribution < 1.29 is 18.7 Å². The summed E-state index contributed by atoms with van der Waals surface area (Å²) in [5.74, 6) is -0.286. The molecule has 0 bridgehead atoms. The summed E-state index contributed by atoms with van der Waals surface area (Å²) < 4.78 is 9.97. The molecular weight excluding hydrogens is 329 g/mol. The Bertz CT molecular complexity index is 656. The van der Waals surface area contributed by atoms with Gasteiger partial charge >= 0.3 is 5.97 Å². The van der Waals surface area contributed by atoms with Crippen LogP contribution >= 0.6 is 23.2 Å². The molecule has 0 fully saturated rings. The molecule has 0 spiro atoms. The van der Waals surface area contributed by atoms with Crippen LogP contribution in [0.2, 0.25) is 10.0 Å². The van der Waals surface area contributed by atoms with Crippen molar-refractivity contribution in [3.05, 3.63) is 52.4 Å². The highest BCUT2D eigenvalue weighted by Gasteiger charge is 2.10. The summed E-state index contributed by atoms with van der Waals surface area (Å²) in [5.41, 5.74) is 0.366. The van der Waals surface area contributed by atoms with Crippen molar-refractivity contribution in [3.8, 4) is 0 Å². The Labute approximate surface area is 137 Å². The van der Waals surface area contributed by atoms with Crippen LogP contribution in [-0.2, 0) is 20.7 Å². The molecule has 1 N–H and O–H groups in total. The Morgan fingerprint density at radius 3 is 2.77 bits per heavy atom. The Hall–Kier alpha value is -1.98. The van der Waals surface area contributed by atoms with Gasteiger partial charge in [0.2, 0.25) is 0 Å². The van der Waals surface area contributed by atoms with Crippen LogP contribution in [0.15, 0.2) is 41.0 Å². The Morgan fingerprint density at radius 1 is 1.23 bits per heavy atom. The standard InChI is InChI=1S/C15H13Cl2NO4/c16-10-3-5-12(17)13(8-10)18-14(19)9-22-15(20)6-4-11-2-1-7-21-11/h1-3,5,7-8H,4,6,9H2,(H,18,19). The minimum Gasteiger partial charge on any atom is -0.469 e. The van der Waals surface area contributed by atoms with Gasteiger partial charge in [0.1, 0.15) is 5.76 Å². The summed E-state index contributed by atoms with van der Waals surface area (Å²) in [6, 6.07) is 8.19. The average molecular weight is 342 g/mol. The number of furan rings is 1. The van der Waals surface area contributed by atoms with Crippen molar-refractivity contribution >= 4 is 40.8 Å². The summed E-state index contributed by atoms with van der Waals surface area (Å²) in [6.07, 6.45) is 2.09. The average Bonchev–Trinajstić information content (AvgIpc) is 3.00. The first-order valence-corrected chi connectivity index (χ1v) is 7.23. The second-order valence-electron chi connectivity index (χ2n) is 4.41. The molecule has 5 nitrogen and oxygen atoms in total. The summed E-state index contributed by atoms with van der Waals surface area (Å²) >= 11 is 11.7. The van der Waals surface area contributed by atoms with Gasteiger partial charge < -0.3 is 14.5 Å². The normalized spacial score (nSPS) is 10.3. The molecule has 7 heteroatoms. The highest BCUT2D eigenvalue weighted by atomic mass is 35.5. The second-order valence-corrected chi connectivity index (χ2v) is 5.26. The molecule has 0 saturated carbocycles. The predicted molar refractivity (Wildman–Crippen MR) is 83.1 cm³/mol. The van der Waals surface area contributed by atoms with Gasteiger partial charge in [-0.3, -0.25) is 9.59 Å². The maximum absolute atomic E-state index is 11.7. The molecular formula is C15H13Cl2NO4. The summed E-state index contributed by atoms with van der Waals surface area (Å²) in [5, 5.41) is 3.31. The Morgan fingerprint density at radius 2 is 2.05 bits per heavy atom. The van der Waals surface area contributed by atoms with Crippen LogP contribution in [-0.4, -0.2) is 18.5 Å². The molecule has 2 aromatic rings. The fourth-order valence-electron chi connectivity index (χ4n) is 1.68. The first-order chi connectivity index (χ1) is 10.5. The largest absolute Gasteiger partial charge is 0.469 e. The second kappa shape index (κ2) is 7.87. The van der Waals surface area contributed by atoms with Gasteiger partial charge in [0.15, 0.2) is 6.61 Å². The third-order valence-corrected chi connectivity index (χ3v) is 3.29. The number of nitrogens with one attached hydrogen (secondary N) is 1. The van der Waals surface area contributed by atoms with Gasteiger partial charge in [-0.05, 0) is 30.3 Å². The molecule has 2 rings (SSSR count). The number of carbonyl (C=O) groups excluding carboxylic acids is 2. The summed E-state index contributed by atoms with van der Waals surface area (Å²) in [7, 11) is 0. The lowest BCUT2D eigenvalue weighted by molar-refractivity contribution is -0.147. The van der Waals surface area contributed by atoms with E-state index in [-0.39, 0.29) is 13.0 Å². The van der Waals surface area contributed by atoms with Crippen LogP contribution in [0.1, 0.15) is 12.2 Å². The molecule has 0 unspecified atom stereocenters. The van der Waals surface area contributed by atoms with Crippen molar-refractivity contribution in [2.75, 3.05) is 11.9 Å². The fourth-order valence-corrected chi connectivity index (χ4v) is 2.01. The van der Waals surface area contributed by atoms with Gasteiger partial charge in [-0.1, -0.05) is 23.2 Å². The molecule has 22 heavy (non-hydrogen) atoms. The number of aryl methyl sites for hydroxylation is 1. The molecule has 1 aromatic carbocycles. The zero-order valence-electron chi connectivity index (χ0n) is 11.5. The van der Waals surface area contributed by atoms with Gasteiger partial charge in [0, 0.05) is 11.4 Å². The zero-order valence-corrected chi connectivity index (χ0v) is 13.0. The zero-order chi connectivity index (χ0) is 15.9. The van der Waals surface area contributed by atoms with Gasteiger partial charge in [-0.25, -0.2) is 0 Å². The molecule has 0 aliphatic rings. The Balaban J connectivity index is 1.75. The minimum atomic E-state index is -0.490. The number of hydrogen-bond acceptors (Lipinski definition) is 4. The number of ether oxygens (including phenoxy) is 1. The van der Waals surface area contributed by atoms with E-state index in [2.05, 4.69) is 5.32 Å². The summed E-state index contributed by atoms with van der Waals surface area (Å²) in [6.45, 7) is -0.389. The van der Waals surface area contributed by atoms with E-state index in [9.17, 15) is 9.59 Å². The monoisotopic (exact) mass is 341 g/mol. The molecule has 0 aliphatic carbocycles. The van der Waals surface area contributed by atoms with Crippen molar-refractivity contribution in [2.45, 2.75) is 12.8 Å². The van der Waals surface area contributed by atoms with E-state index in [1.54, 1.807) is 24.3 Å². The lowest BCUT2D eigenvalue weighted by atomic mass is 10.2. The van der Waals surface area contributed by atoms with E-state index >= 15 is 0 Å². The highest BCUT2D eigenvalue weighted by Crippen LogP contribution is 2.25. The minimum absolute atomic E-state index is 0.138. The lowest BCUT2D eigenvalue weighted by Crippen LogP contribution is -2.21. The van der Waals surface area contributed by atoms with Crippen LogP contribution in [0.5, 0.6) is 0 Å². The van der Waals surface area contributed by atoms with Crippen molar-refractivity contribution in [1.29, 1.82) is 0 Å². The fraction of sp³-hybridized carbons (Fsp3) is 0.200. The van der Waals surface area contributed by atoms with E-state index in [4.69, 9.17) is 32.4 Å². The number of carbonyl (C=O) groups is 2. The van der Waals surface area contributed by atoms with Crippen molar-refractivity contribution in [3.63, 3.8) is 0 Å². The highest BCUT2D eigenvalue weighted by molar-refractivity contribution is 6.35. The molecule has 116 valence electrons. The van der Waals surface area contributed by atoms with E-state index < -0.39 is 11.9 Å². The van der Waals surface area contributed by atoms with Crippen LogP contribution in [0.3, 0.4) is 0 Å².